The molecular formula is C16H16FN5O4S. The van der Waals surface area contributed by atoms with E-state index in [2.05, 4.69) is 22.3 Å². The average molecular weight is 393 g/mol. The largest absolute Gasteiger partial charge is 0.506 e. The van der Waals surface area contributed by atoms with Crippen LogP contribution in [0.25, 0.3) is 0 Å². The SMILES string of the molecule is CNCCn1cc(C#Cc2ccc(O)c(N3CC(=O)NS3(=O)=O)c2F)cn1. The summed E-state index contributed by atoms with van der Waals surface area (Å²) in [5, 5.41) is 17.0. The molecule has 27 heavy (non-hydrogen) atoms. The van der Waals surface area contributed by atoms with Crippen LogP contribution < -0.4 is 14.3 Å². The standard InChI is InChI=1S/C16H16FN5O4S/c1-18-6-7-21-9-11(8-19-21)2-3-12-4-5-13(23)16(15(12)17)22-10-14(24)20-27(22,25)26/h4-5,8-9,18,23H,6-7,10H2,1H3,(H,20,24). The highest BCUT2D eigenvalue weighted by atomic mass is 32.2. The van der Waals surface area contributed by atoms with Gasteiger partial charge in [-0.15, -0.1) is 0 Å². The molecule has 1 aliphatic heterocycles. The number of carbonyl (C=O) groups is 1. The summed E-state index contributed by atoms with van der Waals surface area (Å²) in [5.74, 6) is 2.87. The van der Waals surface area contributed by atoms with E-state index in [0.29, 0.717) is 16.4 Å². The number of nitrogens with one attached hydrogen (secondary N) is 2. The third kappa shape index (κ3) is 3.86. The van der Waals surface area contributed by atoms with Crippen molar-refractivity contribution >= 4 is 21.8 Å². The molecule has 3 N–H and O–H groups in total. The average Bonchev–Trinajstić information content (AvgIpc) is 3.16. The molecule has 0 unspecified atom stereocenters. The summed E-state index contributed by atoms with van der Waals surface area (Å²) in [7, 11) is -2.44. The van der Waals surface area contributed by atoms with Crippen molar-refractivity contribution in [2.24, 2.45) is 0 Å². The van der Waals surface area contributed by atoms with Gasteiger partial charge in [0.15, 0.2) is 5.82 Å². The van der Waals surface area contributed by atoms with Crippen molar-refractivity contribution < 1.29 is 22.7 Å². The van der Waals surface area contributed by atoms with E-state index in [-0.39, 0.29) is 5.56 Å². The van der Waals surface area contributed by atoms with Crippen LogP contribution in [0, 0.1) is 17.7 Å². The first-order chi connectivity index (χ1) is 12.8. The monoisotopic (exact) mass is 393 g/mol. The fourth-order valence-corrected chi connectivity index (χ4v) is 3.61. The molecule has 1 saturated heterocycles. The lowest BCUT2D eigenvalue weighted by atomic mass is 10.1. The van der Waals surface area contributed by atoms with Gasteiger partial charge < -0.3 is 10.4 Å². The second-order valence-electron chi connectivity index (χ2n) is 5.68. The minimum Gasteiger partial charge on any atom is -0.506 e. The van der Waals surface area contributed by atoms with E-state index in [4.69, 9.17) is 0 Å². The second kappa shape index (κ2) is 7.26. The number of rotatable bonds is 4. The highest BCUT2D eigenvalue weighted by Crippen LogP contribution is 2.34. The number of hydrogen-bond donors (Lipinski definition) is 3. The normalized spacial score (nSPS) is 15.3. The predicted octanol–water partition coefficient (Wildman–Crippen LogP) is -0.472. The fraction of sp³-hybridized carbons (Fsp3) is 0.250. The molecule has 142 valence electrons. The van der Waals surface area contributed by atoms with Crippen molar-refractivity contribution in [1.82, 2.24) is 19.8 Å². The van der Waals surface area contributed by atoms with Crippen molar-refractivity contribution in [1.29, 1.82) is 0 Å². The number of phenols is 1. The number of phenolic OH excluding ortho intramolecular Hbond substituents is 1. The molecule has 0 bridgehead atoms. The summed E-state index contributed by atoms with van der Waals surface area (Å²) in [5.41, 5.74) is -0.198. The van der Waals surface area contributed by atoms with Crippen LogP contribution >= 0.6 is 0 Å². The number of benzene rings is 1. The highest BCUT2D eigenvalue weighted by Gasteiger charge is 2.37. The Morgan fingerprint density at radius 1 is 1.41 bits per heavy atom. The van der Waals surface area contributed by atoms with E-state index in [9.17, 15) is 22.7 Å². The molecule has 0 radical (unpaired) electrons. The number of nitrogens with zero attached hydrogens (tertiary/aromatic N) is 3. The Morgan fingerprint density at radius 3 is 2.85 bits per heavy atom. The summed E-state index contributed by atoms with van der Waals surface area (Å²) in [6, 6.07) is 2.35. The molecule has 2 heterocycles. The van der Waals surface area contributed by atoms with Crippen LogP contribution in [-0.2, 0) is 21.5 Å². The smallest absolute Gasteiger partial charge is 0.326 e. The number of carbonyl (C=O) groups excluding carboxylic acids is 1. The van der Waals surface area contributed by atoms with Gasteiger partial charge >= 0.3 is 10.2 Å². The van der Waals surface area contributed by atoms with E-state index in [1.807, 2.05) is 7.05 Å². The van der Waals surface area contributed by atoms with Gasteiger partial charge in [0, 0.05) is 12.7 Å². The maximum Gasteiger partial charge on any atom is 0.326 e. The van der Waals surface area contributed by atoms with Crippen LogP contribution in [0.15, 0.2) is 24.5 Å². The maximum atomic E-state index is 14.8. The topological polar surface area (TPSA) is 117 Å². The summed E-state index contributed by atoms with van der Waals surface area (Å²) < 4.78 is 42.5. The van der Waals surface area contributed by atoms with Gasteiger partial charge in [0.05, 0.1) is 23.9 Å². The number of likely N-dealkylation sites (N-methyl/N-ethyl adjacent to an activating group) is 1. The number of hydrogen-bond acceptors (Lipinski definition) is 6. The van der Waals surface area contributed by atoms with Gasteiger partial charge in [-0.25, -0.2) is 13.4 Å². The fourth-order valence-electron chi connectivity index (χ4n) is 2.45. The van der Waals surface area contributed by atoms with E-state index >= 15 is 0 Å². The van der Waals surface area contributed by atoms with Crippen molar-refractivity contribution in [3.8, 4) is 17.6 Å². The lowest BCUT2D eigenvalue weighted by molar-refractivity contribution is -0.117. The van der Waals surface area contributed by atoms with Gasteiger partial charge in [-0.2, -0.15) is 13.5 Å². The van der Waals surface area contributed by atoms with Crippen LogP contribution in [0.3, 0.4) is 0 Å². The molecule has 1 aromatic carbocycles. The molecule has 9 nitrogen and oxygen atoms in total. The van der Waals surface area contributed by atoms with Crippen molar-refractivity contribution in [2.75, 3.05) is 24.4 Å². The number of aromatic nitrogens is 2. The van der Waals surface area contributed by atoms with Crippen LogP contribution in [0.4, 0.5) is 10.1 Å². The Labute approximate surface area is 155 Å². The van der Waals surface area contributed by atoms with Gasteiger partial charge in [-0.1, -0.05) is 11.8 Å². The van der Waals surface area contributed by atoms with Crippen molar-refractivity contribution in [2.45, 2.75) is 6.54 Å². The summed E-state index contributed by atoms with van der Waals surface area (Å²) in [6.07, 6.45) is 3.21. The molecule has 1 amide bonds. The molecule has 1 aliphatic rings. The first-order valence-corrected chi connectivity index (χ1v) is 9.29. The minimum atomic E-state index is -4.26. The Bertz CT molecular complexity index is 1050. The van der Waals surface area contributed by atoms with E-state index in [0.717, 1.165) is 12.6 Å². The second-order valence-corrected chi connectivity index (χ2v) is 7.27. The van der Waals surface area contributed by atoms with Crippen LogP contribution in [0.5, 0.6) is 5.75 Å². The molecule has 2 aromatic rings. The molecule has 0 atom stereocenters. The first-order valence-electron chi connectivity index (χ1n) is 7.85. The third-order valence-electron chi connectivity index (χ3n) is 3.73. The molecule has 0 spiro atoms. The summed E-state index contributed by atoms with van der Waals surface area (Å²) in [6.45, 7) is 0.743. The number of halogens is 1. The van der Waals surface area contributed by atoms with Crippen LogP contribution in [0.2, 0.25) is 0 Å². The van der Waals surface area contributed by atoms with Crippen LogP contribution in [-0.4, -0.2) is 49.3 Å². The zero-order chi connectivity index (χ0) is 19.6. The minimum absolute atomic E-state index is 0.125. The summed E-state index contributed by atoms with van der Waals surface area (Å²) >= 11 is 0. The van der Waals surface area contributed by atoms with Gasteiger partial charge in [0.1, 0.15) is 18.0 Å². The zero-order valence-electron chi connectivity index (χ0n) is 14.2. The molecular weight excluding hydrogens is 377 g/mol. The third-order valence-corrected chi connectivity index (χ3v) is 5.11. The van der Waals surface area contributed by atoms with Gasteiger partial charge in [0.2, 0.25) is 0 Å². The van der Waals surface area contributed by atoms with Crippen molar-refractivity contribution in [3.63, 3.8) is 0 Å². The lowest BCUT2D eigenvalue weighted by Crippen LogP contribution is -2.30. The highest BCUT2D eigenvalue weighted by molar-refractivity contribution is 7.92. The Balaban J connectivity index is 1.93. The van der Waals surface area contributed by atoms with E-state index in [1.165, 1.54) is 12.3 Å². The van der Waals surface area contributed by atoms with E-state index in [1.54, 1.807) is 15.6 Å². The Hall–Kier alpha value is -3.10. The number of amides is 1. The quantitative estimate of drug-likeness (QED) is 0.605. The molecule has 1 aromatic heterocycles. The Morgan fingerprint density at radius 2 is 2.19 bits per heavy atom. The van der Waals surface area contributed by atoms with Crippen molar-refractivity contribution in [3.05, 3.63) is 41.5 Å². The van der Waals surface area contributed by atoms with Gasteiger partial charge in [-0.05, 0) is 19.2 Å². The first kappa shape index (κ1) is 18.7. The zero-order valence-corrected chi connectivity index (χ0v) is 15.0. The molecule has 0 aliphatic carbocycles. The number of aromatic hydroxyl groups is 1. The van der Waals surface area contributed by atoms with E-state index < -0.39 is 39.9 Å². The Kier molecular flexibility index (Phi) is 5.02. The van der Waals surface area contributed by atoms with Gasteiger partial charge in [0.25, 0.3) is 5.91 Å². The molecule has 11 heteroatoms. The molecule has 1 fully saturated rings. The number of anilines is 1. The molecule has 3 rings (SSSR count). The predicted molar refractivity (Wildman–Crippen MR) is 94.6 cm³/mol. The summed E-state index contributed by atoms with van der Waals surface area (Å²) in [4.78, 5) is 11.4. The van der Waals surface area contributed by atoms with Gasteiger partial charge in [-0.3, -0.25) is 9.48 Å². The maximum absolute atomic E-state index is 14.8. The molecule has 0 saturated carbocycles. The lowest BCUT2D eigenvalue weighted by Gasteiger charge is -2.17. The van der Waals surface area contributed by atoms with Crippen LogP contribution in [0.1, 0.15) is 11.1 Å².